The van der Waals surface area contributed by atoms with Crippen LogP contribution in [0.1, 0.15) is 36.8 Å². The molecule has 1 saturated heterocycles. The molecule has 0 aliphatic carbocycles. The summed E-state index contributed by atoms with van der Waals surface area (Å²) < 4.78 is 11.7. The number of para-hydroxylation sites is 1. The molecule has 1 aliphatic rings. The highest BCUT2D eigenvalue weighted by molar-refractivity contribution is 5.38. The molecule has 1 aliphatic heterocycles. The van der Waals surface area contributed by atoms with Gasteiger partial charge in [0.2, 0.25) is 0 Å². The van der Waals surface area contributed by atoms with Crippen molar-refractivity contribution in [2.75, 3.05) is 32.8 Å². The fraction of sp³-hybridized carbons (Fsp3) is 0.435. The first-order valence-corrected chi connectivity index (χ1v) is 9.87. The summed E-state index contributed by atoms with van der Waals surface area (Å²) in [7, 11) is 0. The van der Waals surface area contributed by atoms with E-state index in [1.165, 1.54) is 37.1 Å². The zero-order chi connectivity index (χ0) is 18.7. The van der Waals surface area contributed by atoms with E-state index in [1.807, 2.05) is 18.2 Å². The van der Waals surface area contributed by atoms with E-state index >= 15 is 0 Å². The number of hydrogen-bond acceptors (Lipinski definition) is 4. The summed E-state index contributed by atoms with van der Waals surface area (Å²) in [4.78, 5) is 2.47. The van der Waals surface area contributed by atoms with Gasteiger partial charge in [0.05, 0.1) is 12.7 Å². The van der Waals surface area contributed by atoms with E-state index in [1.54, 1.807) is 0 Å². The smallest absolute Gasteiger partial charge is 0.122 e. The SMILES string of the molecule is N#CCCCOc1ccc(Cc2ccccc2OCCN2CCCC2)cc1. The molecule has 27 heavy (non-hydrogen) atoms. The molecule has 0 radical (unpaired) electrons. The van der Waals surface area contributed by atoms with Gasteiger partial charge < -0.3 is 9.47 Å². The Labute approximate surface area is 162 Å². The molecular formula is C23H28N2O2. The van der Waals surface area contributed by atoms with Crippen molar-refractivity contribution >= 4 is 0 Å². The number of ether oxygens (including phenoxy) is 2. The first-order chi connectivity index (χ1) is 13.3. The van der Waals surface area contributed by atoms with Gasteiger partial charge in [-0.2, -0.15) is 5.26 Å². The Balaban J connectivity index is 1.51. The predicted octanol–water partition coefficient (Wildman–Crippen LogP) is 4.43. The number of nitrogens with zero attached hydrogens (tertiary/aromatic N) is 2. The minimum atomic E-state index is 0.534. The Hall–Kier alpha value is -2.51. The Bertz CT molecular complexity index is 731. The first kappa shape index (κ1) is 19.3. The Morgan fingerprint density at radius 2 is 1.70 bits per heavy atom. The second-order valence-electron chi connectivity index (χ2n) is 6.94. The third kappa shape index (κ3) is 6.30. The molecule has 0 saturated carbocycles. The molecular weight excluding hydrogens is 336 g/mol. The van der Waals surface area contributed by atoms with E-state index < -0.39 is 0 Å². The van der Waals surface area contributed by atoms with E-state index in [-0.39, 0.29) is 0 Å². The van der Waals surface area contributed by atoms with E-state index in [0.717, 1.165) is 37.5 Å². The maximum Gasteiger partial charge on any atom is 0.122 e. The standard InChI is InChI=1S/C23H28N2O2/c24-13-3-6-17-26-22-11-9-20(10-12-22)19-21-7-1-2-8-23(21)27-18-16-25-14-4-5-15-25/h1-2,7-12H,3-6,14-19H2. The first-order valence-electron chi connectivity index (χ1n) is 9.87. The van der Waals surface area contributed by atoms with Gasteiger partial charge in [0.25, 0.3) is 0 Å². The van der Waals surface area contributed by atoms with Crippen molar-refractivity contribution in [1.82, 2.24) is 4.90 Å². The summed E-state index contributed by atoms with van der Waals surface area (Å²) in [6.45, 7) is 4.74. The Kier molecular flexibility index (Phi) is 7.56. The molecule has 142 valence electrons. The van der Waals surface area contributed by atoms with Crippen LogP contribution in [-0.4, -0.2) is 37.7 Å². The van der Waals surface area contributed by atoms with Crippen molar-refractivity contribution in [3.05, 3.63) is 59.7 Å². The van der Waals surface area contributed by atoms with Gasteiger partial charge in [-0.1, -0.05) is 30.3 Å². The number of nitriles is 1. The quantitative estimate of drug-likeness (QED) is 0.585. The highest BCUT2D eigenvalue weighted by atomic mass is 16.5. The van der Waals surface area contributed by atoms with Crippen LogP contribution in [0.4, 0.5) is 0 Å². The summed E-state index contributed by atoms with van der Waals surface area (Å²) in [5.74, 6) is 1.83. The zero-order valence-electron chi connectivity index (χ0n) is 15.9. The molecule has 1 fully saturated rings. The van der Waals surface area contributed by atoms with Crippen LogP contribution in [0.2, 0.25) is 0 Å². The molecule has 4 heteroatoms. The monoisotopic (exact) mass is 364 g/mol. The topological polar surface area (TPSA) is 45.5 Å². The molecule has 1 heterocycles. The van der Waals surface area contributed by atoms with Gasteiger partial charge in [-0.15, -0.1) is 0 Å². The summed E-state index contributed by atoms with van der Waals surface area (Å²) >= 11 is 0. The van der Waals surface area contributed by atoms with Crippen molar-refractivity contribution in [2.45, 2.75) is 32.1 Å². The highest BCUT2D eigenvalue weighted by Gasteiger charge is 2.11. The number of rotatable bonds is 10. The van der Waals surface area contributed by atoms with Crippen LogP contribution in [0.3, 0.4) is 0 Å². The van der Waals surface area contributed by atoms with Crippen molar-refractivity contribution in [2.24, 2.45) is 0 Å². The predicted molar refractivity (Wildman–Crippen MR) is 107 cm³/mol. The maximum atomic E-state index is 8.55. The third-order valence-corrected chi connectivity index (χ3v) is 4.86. The maximum absolute atomic E-state index is 8.55. The molecule has 0 N–H and O–H groups in total. The van der Waals surface area contributed by atoms with Gasteiger partial charge in [-0.3, -0.25) is 4.90 Å². The van der Waals surface area contributed by atoms with Crippen molar-refractivity contribution in [3.63, 3.8) is 0 Å². The van der Waals surface area contributed by atoms with E-state index in [4.69, 9.17) is 14.7 Å². The molecule has 0 amide bonds. The summed E-state index contributed by atoms with van der Waals surface area (Å²) in [5, 5.41) is 8.55. The number of benzene rings is 2. The minimum Gasteiger partial charge on any atom is -0.494 e. The normalized spacial score (nSPS) is 14.0. The molecule has 0 spiro atoms. The molecule has 0 aromatic heterocycles. The average molecular weight is 364 g/mol. The van der Waals surface area contributed by atoms with Crippen LogP contribution in [0.15, 0.2) is 48.5 Å². The van der Waals surface area contributed by atoms with Gasteiger partial charge >= 0.3 is 0 Å². The minimum absolute atomic E-state index is 0.534. The number of likely N-dealkylation sites (tertiary alicyclic amines) is 1. The largest absolute Gasteiger partial charge is 0.494 e. The lowest BCUT2D eigenvalue weighted by Crippen LogP contribution is -2.25. The fourth-order valence-electron chi connectivity index (χ4n) is 3.35. The zero-order valence-corrected chi connectivity index (χ0v) is 15.9. The van der Waals surface area contributed by atoms with E-state index in [0.29, 0.717) is 13.0 Å². The molecule has 3 rings (SSSR count). The van der Waals surface area contributed by atoms with Crippen LogP contribution in [0, 0.1) is 11.3 Å². The van der Waals surface area contributed by atoms with Gasteiger partial charge in [-0.05, 0) is 61.7 Å². The molecule has 2 aromatic rings. The van der Waals surface area contributed by atoms with Gasteiger partial charge in [0.1, 0.15) is 18.1 Å². The van der Waals surface area contributed by atoms with Gasteiger partial charge in [0, 0.05) is 19.4 Å². The van der Waals surface area contributed by atoms with Crippen molar-refractivity contribution in [1.29, 1.82) is 5.26 Å². The highest BCUT2D eigenvalue weighted by Crippen LogP contribution is 2.23. The molecule has 0 bridgehead atoms. The van der Waals surface area contributed by atoms with Crippen molar-refractivity contribution in [3.8, 4) is 17.6 Å². The lowest BCUT2D eigenvalue weighted by Gasteiger charge is -2.16. The van der Waals surface area contributed by atoms with Crippen LogP contribution in [-0.2, 0) is 6.42 Å². The second kappa shape index (κ2) is 10.6. The van der Waals surface area contributed by atoms with Crippen LogP contribution < -0.4 is 9.47 Å². The summed E-state index contributed by atoms with van der Waals surface area (Å²) in [6, 6.07) is 18.6. The van der Waals surface area contributed by atoms with E-state index in [9.17, 15) is 0 Å². The third-order valence-electron chi connectivity index (χ3n) is 4.86. The number of unbranched alkanes of at least 4 members (excludes halogenated alkanes) is 1. The fourth-order valence-corrected chi connectivity index (χ4v) is 3.35. The summed E-state index contributed by atoms with van der Waals surface area (Å²) in [5.41, 5.74) is 2.44. The van der Waals surface area contributed by atoms with E-state index in [2.05, 4.69) is 41.3 Å². The lowest BCUT2D eigenvalue weighted by molar-refractivity contribution is 0.236. The molecule has 4 nitrogen and oxygen atoms in total. The van der Waals surface area contributed by atoms with Crippen LogP contribution in [0.25, 0.3) is 0 Å². The Morgan fingerprint density at radius 1 is 0.926 bits per heavy atom. The summed E-state index contributed by atoms with van der Waals surface area (Å²) in [6.07, 6.45) is 4.77. The van der Waals surface area contributed by atoms with Crippen LogP contribution >= 0.6 is 0 Å². The molecule has 0 atom stereocenters. The Morgan fingerprint density at radius 3 is 2.48 bits per heavy atom. The second-order valence-corrected chi connectivity index (χ2v) is 6.94. The van der Waals surface area contributed by atoms with Gasteiger partial charge in [0.15, 0.2) is 0 Å². The lowest BCUT2D eigenvalue weighted by atomic mass is 10.0. The van der Waals surface area contributed by atoms with Crippen LogP contribution in [0.5, 0.6) is 11.5 Å². The van der Waals surface area contributed by atoms with Gasteiger partial charge in [-0.25, -0.2) is 0 Å². The van der Waals surface area contributed by atoms with Crippen molar-refractivity contribution < 1.29 is 9.47 Å². The average Bonchev–Trinajstić information content (AvgIpc) is 3.21. The molecule has 0 unspecified atom stereocenters. The number of hydrogen-bond donors (Lipinski definition) is 0. The molecule has 2 aromatic carbocycles.